The maximum absolute atomic E-state index is 2.47. The van der Waals surface area contributed by atoms with Gasteiger partial charge < -0.3 is 9.47 Å². The Kier molecular flexibility index (Phi) is 7.75. The predicted molar refractivity (Wildman–Crippen MR) is 238 cm³/mol. The molecule has 268 valence electrons. The molecule has 2 nitrogen and oxygen atoms in total. The van der Waals surface area contributed by atoms with E-state index in [1.807, 2.05) is 0 Å². The second-order valence-electron chi connectivity index (χ2n) is 14.8. The Morgan fingerprint density at radius 3 is 1.65 bits per heavy atom. The largest absolute Gasteiger partial charge is 0.310 e. The summed E-state index contributed by atoms with van der Waals surface area (Å²) in [6.45, 7) is 0. The van der Waals surface area contributed by atoms with Gasteiger partial charge in [-0.05, 0) is 87.5 Å². The van der Waals surface area contributed by atoms with Crippen molar-refractivity contribution in [2.24, 2.45) is 0 Å². The van der Waals surface area contributed by atoms with Crippen molar-refractivity contribution < 1.29 is 0 Å². The molecule has 0 radical (unpaired) electrons. The van der Waals surface area contributed by atoms with Crippen molar-refractivity contribution in [1.29, 1.82) is 0 Å². The molecular weight excluding hydrogens is 689 g/mol. The molecule has 0 spiro atoms. The maximum atomic E-state index is 2.47. The van der Waals surface area contributed by atoms with Crippen LogP contribution in [0.2, 0.25) is 0 Å². The van der Waals surface area contributed by atoms with Crippen molar-refractivity contribution in [3.05, 3.63) is 253 Å². The lowest BCUT2D eigenvalue weighted by atomic mass is 9.67. The average Bonchev–Trinajstić information content (AvgIpc) is 3.79. The van der Waals surface area contributed by atoms with E-state index in [0.29, 0.717) is 0 Å². The highest BCUT2D eigenvalue weighted by Gasteiger charge is 2.46. The van der Waals surface area contributed by atoms with Gasteiger partial charge in [0.25, 0.3) is 0 Å². The first-order valence-corrected chi connectivity index (χ1v) is 19.7. The molecule has 0 amide bonds. The van der Waals surface area contributed by atoms with Gasteiger partial charge in [0.2, 0.25) is 0 Å². The van der Waals surface area contributed by atoms with E-state index in [0.717, 1.165) is 28.3 Å². The Hall–Kier alpha value is -7.42. The lowest BCUT2D eigenvalue weighted by Gasteiger charge is -2.35. The molecule has 1 aromatic heterocycles. The third-order valence-corrected chi connectivity index (χ3v) is 11.8. The zero-order chi connectivity index (χ0) is 37.8. The molecule has 11 rings (SSSR count). The molecule has 0 atom stereocenters. The predicted octanol–water partition coefficient (Wildman–Crippen LogP) is 14.3. The Morgan fingerprint density at radius 1 is 0.386 bits per heavy atom. The summed E-state index contributed by atoms with van der Waals surface area (Å²) in [7, 11) is 0. The molecule has 0 fully saturated rings. The molecule has 0 unspecified atom stereocenters. The minimum atomic E-state index is -0.515. The lowest BCUT2D eigenvalue weighted by Crippen LogP contribution is -2.28. The van der Waals surface area contributed by atoms with Crippen molar-refractivity contribution in [3.63, 3.8) is 0 Å². The second kappa shape index (κ2) is 13.4. The van der Waals surface area contributed by atoms with Gasteiger partial charge in [-0.1, -0.05) is 182 Å². The lowest BCUT2D eigenvalue weighted by molar-refractivity contribution is 0.768. The van der Waals surface area contributed by atoms with Crippen LogP contribution in [0.3, 0.4) is 0 Å². The molecule has 0 saturated heterocycles. The Bertz CT molecular complexity index is 3000. The van der Waals surface area contributed by atoms with Crippen molar-refractivity contribution in [1.82, 2.24) is 4.57 Å². The number of anilines is 3. The quantitative estimate of drug-likeness (QED) is 0.159. The molecule has 0 aliphatic heterocycles. The van der Waals surface area contributed by atoms with Crippen LogP contribution >= 0.6 is 0 Å². The number of hydrogen-bond acceptors (Lipinski definition) is 1. The van der Waals surface area contributed by atoms with Crippen molar-refractivity contribution in [3.8, 4) is 27.9 Å². The fourth-order valence-corrected chi connectivity index (χ4v) is 9.54. The Morgan fingerprint density at radius 2 is 0.947 bits per heavy atom. The third kappa shape index (κ3) is 5.04. The summed E-state index contributed by atoms with van der Waals surface area (Å²) in [6.07, 6.45) is 0. The maximum Gasteiger partial charge on any atom is 0.0714 e. The Balaban J connectivity index is 1.25. The summed E-state index contributed by atoms with van der Waals surface area (Å²) in [5.74, 6) is 0. The van der Waals surface area contributed by atoms with Crippen LogP contribution in [0.4, 0.5) is 17.1 Å². The molecule has 0 bridgehead atoms. The molecule has 2 heteroatoms. The first kappa shape index (κ1) is 33.0. The summed E-state index contributed by atoms with van der Waals surface area (Å²) in [5.41, 5.74) is 16.3. The molecular formula is C55H38N2. The SMILES string of the molecule is c1ccc(-c2c(N(c3ccccc3)c3ccc4c(c3)C(c3ccccc3)(c3ccccc3)c3ccccc3-4)ccc3c4ccccc4n(-c4ccccc4)c23)cc1. The summed E-state index contributed by atoms with van der Waals surface area (Å²) >= 11 is 0. The minimum absolute atomic E-state index is 0.515. The molecule has 9 aromatic carbocycles. The van der Waals surface area contributed by atoms with Gasteiger partial charge in [0.15, 0.2) is 0 Å². The van der Waals surface area contributed by atoms with Crippen LogP contribution in [0.5, 0.6) is 0 Å². The van der Waals surface area contributed by atoms with Crippen LogP contribution in [0.1, 0.15) is 22.3 Å². The van der Waals surface area contributed by atoms with Crippen LogP contribution in [0.25, 0.3) is 49.7 Å². The highest BCUT2D eigenvalue weighted by atomic mass is 15.1. The first-order chi connectivity index (χ1) is 28.3. The molecule has 10 aromatic rings. The van der Waals surface area contributed by atoms with Crippen LogP contribution in [-0.2, 0) is 5.41 Å². The molecule has 0 saturated carbocycles. The minimum Gasteiger partial charge on any atom is -0.310 e. The van der Waals surface area contributed by atoms with Crippen molar-refractivity contribution >= 4 is 38.9 Å². The fourth-order valence-electron chi connectivity index (χ4n) is 9.54. The molecule has 0 N–H and O–H groups in total. The van der Waals surface area contributed by atoms with Gasteiger partial charge in [0, 0.05) is 33.4 Å². The normalized spacial score (nSPS) is 12.7. The molecule has 1 aliphatic carbocycles. The summed E-state index contributed by atoms with van der Waals surface area (Å²) in [6, 6.07) is 84.3. The summed E-state index contributed by atoms with van der Waals surface area (Å²) in [5, 5.41) is 2.46. The van der Waals surface area contributed by atoms with Gasteiger partial charge in [-0.15, -0.1) is 0 Å². The van der Waals surface area contributed by atoms with Gasteiger partial charge in [-0.25, -0.2) is 0 Å². The number of benzene rings is 9. The van der Waals surface area contributed by atoms with E-state index in [9.17, 15) is 0 Å². The number of nitrogens with zero attached hydrogens (tertiary/aromatic N) is 2. The number of aromatic nitrogens is 1. The van der Waals surface area contributed by atoms with Gasteiger partial charge in [0.1, 0.15) is 0 Å². The highest BCUT2D eigenvalue weighted by molar-refractivity contribution is 6.17. The summed E-state index contributed by atoms with van der Waals surface area (Å²) < 4.78 is 2.45. The highest BCUT2D eigenvalue weighted by Crippen LogP contribution is 2.57. The van der Waals surface area contributed by atoms with Crippen LogP contribution in [0.15, 0.2) is 231 Å². The molecule has 1 aliphatic rings. The summed E-state index contributed by atoms with van der Waals surface area (Å²) in [4.78, 5) is 2.47. The first-order valence-electron chi connectivity index (χ1n) is 19.7. The standard InChI is InChI=1S/C55H38N2/c1-6-20-39(21-7-1)53-52(37-36-48-47-31-17-19-33-51(47)57(54(48)53)43-28-14-5-15-29-43)56(42-26-12-4-13-27-42)44-34-35-46-45-30-16-18-32-49(45)55(50(46)38-44,40-22-8-2-9-23-40)41-24-10-3-11-25-41/h1-38H. The topological polar surface area (TPSA) is 8.17 Å². The number of rotatable bonds is 7. The van der Waals surface area contributed by atoms with Gasteiger partial charge in [-0.3, -0.25) is 0 Å². The average molecular weight is 727 g/mol. The number of para-hydroxylation sites is 3. The number of fused-ring (bicyclic) bond motifs is 6. The van der Waals surface area contributed by atoms with Crippen molar-refractivity contribution in [2.45, 2.75) is 5.41 Å². The van der Waals surface area contributed by atoms with Gasteiger partial charge in [0.05, 0.1) is 22.1 Å². The van der Waals surface area contributed by atoms with E-state index in [2.05, 4.69) is 240 Å². The fraction of sp³-hybridized carbons (Fsp3) is 0.0182. The van der Waals surface area contributed by atoms with E-state index >= 15 is 0 Å². The van der Waals surface area contributed by atoms with E-state index in [1.54, 1.807) is 0 Å². The van der Waals surface area contributed by atoms with E-state index < -0.39 is 5.41 Å². The van der Waals surface area contributed by atoms with Crippen LogP contribution < -0.4 is 4.90 Å². The Labute approximate surface area is 333 Å². The zero-order valence-corrected chi connectivity index (χ0v) is 31.3. The van der Waals surface area contributed by atoms with E-state index in [-0.39, 0.29) is 0 Å². The van der Waals surface area contributed by atoms with Gasteiger partial charge in [-0.2, -0.15) is 0 Å². The van der Waals surface area contributed by atoms with Crippen molar-refractivity contribution in [2.75, 3.05) is 4.90 Å². The monoisotopic (exact) mass is 726 g/mol. The second-order valence-corrected chi connectivity index (χ2v) is 14.8. The smallest absolute Gasteiger partial charge is 0.0714 e. The molecule has 1 heterocycles. The van der Waals surface area contributed by atoms with Crippen LogP contribution in [0, 0.1) is 0 Å². The van der Waals surface area contributed by atoms with Crippen LogP contribution in [-0.4, -0.2) is 4.57 Å². The van der Waals surface area contributed by atoms with Gasteiger partial charge >= 0.3 is 0 Å². The molecule has 57 heavy (non-hydrogen) atoms. The zero-order valence-electron chi connectivity index (χ0n) is 31.3. The third-order valence-electron chi connectivity index (χ3n) is 11.8. The number of hydrogen-bond donors (Lipinski definition) is 0. The van der Waals surface area contributed by atoms with E-state index in [4.69, 9.17) is 0 Å². The van der Waals surface area contributed by atoms with E-state index in [1.165, 1.54) is 60.8 Å².